The van der Waals surface area contributed by atoms with Crippen LogP contribution in [0.5, 0.6) is 0 Å². The summed E-state index contributed by atoms with van der Waals surface area (Å²) in [4.78, 5) is 0. The Kier molecular flexibility index (Phi) is 5.38. The third-order valence-electron chi connectivity index (χ3n) is 13.3. The number of rotatable bonds is 2. The number of hydrogen-bond donors (Lipinski definition) is 2. The lowest BCUT2D eigenvalue weighted by molar-refractivity contribution is -0.227. The summed E-state index contributed by atoms with van der Waals surface area (Å²) in [5.41, 5.74) is 0.277. The summed E-state index contributed by atoms with van der Waals surface area (Å²) in [6, 6.07) is 0. The second-order valence-corrected chi connectivity index (χ2v) is 15.3. The summed E-state index contributed by atoms with van der Waals surface area (Å²) in [6.07, 6.45) is 11.9. The fraction of sp³-hybridized carbons (Fsp3) is 1.00. The Morgan fingerprint density at radius 2 is 1.36 bits per heavy atom. The average molecular weight is 461 g/mol. The molecule has 5 fully saturated rings. The van der Waals surface area contributed by atoms with Crippen LogP contribution in [0.1, 0.15) is 120 Å². The minimum atomic E-state index is -0.755. The first kappa shape index (κ1) is 24.6. The van der Waals surface area contributed by atoms with Crippen LogP contribution in [0.15, 0.2) is 0 Å². The van der Waals surface area contributed by atoms with E-state index in [1.165, 1.54) is 44.9 Å². The molecular formula is C30H52O3. The Morgan fingerprint density at radius 3 is 2.00 bits per heavy atom. The van der Waals surface area contributed by atoms with Gasteiger partial charge < -0.3 is 14.9 Å². The molecule has 0 spiro atoms. The van der Waals surface area contributed by atoms with E-state index in [0.717, 1.165) is 31.1 Å². The molecular weight excluding hydrogens is 408 g/mol. The molecule has 3 heteroatoms. The van der Waals surface area contributed by atoms with E-state index >= 15 is 0 Å². The second kappa shape index (κ2) is 7.22. The fourth-order valence-electron chi connectivity index (χ4n) is 11.1. The van der Waals surface area contributed by atoms with Crippen molar-refractivity contribution in [2.45, 2.75) is 143 Å². The molecule has 1 aliphatic heterocycles. The average Bonchev–Trinajstić information content (AvgIpc) is 3.27. The van der Waals surface area contributed by atoms with Crippen molar-refractivity contribution in [1.82, 2.24) is 0 Å². The van der Waals surface area contributed by atoms with Crippen molar-refractivity contribution in [3.63, 3.8) is 0 Å². The maximum Gasteiger partial charge on any atom is 0.0865 e. The van der Waals surface area contributed by atoms with Crippen molar-refractivity contribution in [3.8, 4) is 0 Å². The van der Waals surface area contributed by atoms with Crippen LogP contribution in [0.4, 0.5) is 0 Å². The monoisotopic (exact) mass is 460 g/mol. The SMILES string of the molecule is CC(C)(O)[C@@H]1CC[C@@](C)([C@@H]2CC[C@]3(C)[C@H]2CC[C@@H]2[C@@]4(C)CC[C@@H](O)C(C)(C)[C@@H]4CC[C@]23C)O1. The number of aliphatic hydroxyl groups is 2. The number of aliphatic hydroxyl groups excluding tert-OH is 1. The van der Waals surface area contributed by atoms with Gasteiger partial charge in [0.15, 0.2) is 0 Å². The molecule has 3 nitrogen and oxygen atoms in total. The van der Waals surface area contributed by atoms with Crippen LogP contribution in [0.2, 0.25) is 0 Å². The zero-order chi connectivity index (χ0) is 24.2. The highest BCUT2D eigenvalue weighted by Crippen LogP contribution is 2.76. The summed E-state index contributed by atoms with van der Waals surface area (Å²) in [5.74, 6) is 2.73. The third-order valence-corrected chi connectivity index (χ3v) is 13.3. The van der Waals surface area contributed by atoms with Crippen LogP contribution in [0.25, 0.3) is 0 Å². The molecule has 0 bridgehead atoms. The van der Waals surface area contributed by atoms with Crippen molar-refractivity contribution in [3.05, 3.63) is 0 Å². The summed E-state index contributed by atoms with van der Waals surface area (Å²) in [7, 11) is 0. The molecule has 0 aromatic rings. The molecule has 1 heterocycles. The van der Waals surface area contributed by atoms with E-state index in [9.17, 15) is 10.2 Å². The molecule has 5 rings (SSSR count). The van der Waals surface area contributed by atoms with Gasteiger partial charge >= 0.3 is 0 Å². The molecule has 0 radical (unpaired) electrons. The summed E-state index contributed by atoms with van der Waals surface area (Å²) in [6.45, 7) is 18.8. The van der Waals surface area contributed by atoms with Gasteiger partial charge in [-0.15, -0.1) is 0 Å². The van der Waals surface area contributed by atoms with Crippen LogP contribution in [-0.4, -0.2) is 33.6 Å². The molecule has 190 valence electrons. The minimum Gasteiger partial charge on any atom is -0.393 e. The lowest BCUT2D eigenvalue weighted by Gasteiger charge is -2.70. The molecule has 4 saturated carbocycles. The second-order valence-electron chi connectivity index (χ2n) is 15.3. The molecule has 10 atom stereocenters. The highest BCUT2D eigenvalue weighted by atomic mass is 16.5. The van der Waals surface area contributed by atoms with Crippen molar-refractivity contribution < 1.29 is 14.9 Å². The Bertz CT molecular complexity index is 784. The molecule has 4 aliphatic carbocycles. The molecule has 5 aliphatic rings. The predicted octanol–water partition coefficient (Wildman–Crippen LogP) is 6.74. The van der Waals surface area contributed by atoms with E-state index in [1.807, 2.05) is 13.8 Å². The standard InChI is InChI=1S/C30H52O3/c1-25(2)21-12-17-29(7)22(27(21,5)15-13-23(25)31)10-9-19-20(11-16-28(19,29)6)30(8)18-14-24(33-30)26(3,4)32/h19-24,31-32H,9-18H2,1-8H3/t19-,20+,21-,22+,23+,24-,27-,28+,29+,30-/m0/s1. The summed E-state index contributed by atoms with van der Waals surface area (Å²) < 4.78 is 6.73. The Morgan fingerprint density at radius 1 is 0.697 bits per heavy atom. The molecule has 0 aromatic carbocycles. The van der Waals surface area contributed by atoms with Crippen molar-refractivity contribution in [2.75, 3.05) is 0 Å². The molecule has 2 N–H and O–H groups in total. The van der Waals surface area contributed by atoms with Crippen LogP contribution in [0, 0.1) is 45.3 Å². The lowest BCUT2D eigenvalue weighted by atomic mass is 9.35. The Hall–Kier alpha value is -0.120. The van der Waals surface area contributed by atoms with Gasteiger partial charge in [0.2, 0.25) is 0 Å². The van der Waals surface area contributed by atoms with Gasteiger partial charge in [-0.2, -0.15) is 0 Å². The minimum absolute atomic E-state index is 0.0293. The largest absolute Gasteiger partial charge is 0.393 e. The van der Waals surface area contributed by atoms with Gasteiger partial charge in [-0.25, -0.2) is 0 Å². The van der Waals surface area contributed by atoms with E-state index in [4.69, 9.17) is 4.74 Å². The zero-order valence-electron chi connectivity index (χ0n) is 22.8. The highest BCUT2D eigenvalue weighted by Gasteiger charge is 2.70. The van der Waals surface area contributed by atoms with Crippen LogP contribution >= 0.6 is 0 Å². The fourth-order valence-corrected chi connectivity index (χ4v) is 11.1. The topological polar surface area (TPSA) is 49.7 Å². The number of hydrogen-bond acceptors (Lipinski definition) is 3. The van der Waals surface area contributed by atoms with Crippen LogP contribution in [0.3, 0.4) is 0 Å². The van der Waals surface area contributed by atoms with Gasteiger partial charge in [0.05, 0.1) is 23.4 Å². The van der Waals surface area contributed by atoms with E-state index in [2.05, 4.69) is 41.5 Å². The van der Waals surface area contributed by atoms with Gasteiger partial charge in [0.1, 0.15) is 0 Å². The first-order valence-corrected chi connectivity index (χ1v) is 14.2. The van der Waals surface area contributed by atoms with Crippen molar-refractivity contribution >= 4 is 0 Å². The van der Waals surface area contributed by atoms with E-state index in [-0.39, 0.29) is 23.2 Å². The van der Waals surface area contributed by atoms with E-state index < -0.39 is 5.60 Å². The lowest BCUT2D eigenvalue weighted by Crippen LogP contribution is -2.64. The van der Waals surface area contributed by atoms with Gasteiger partial charge in [0, 0.05) is 0 Å². The smallest absolute Gasteiger partial charge is 0.0865 e. The predicted molar refractivity (Wildman–Crippen MR) is 134 cm³/mol. The summed E-state index contributed by atoms with van der Waals surface area (Å²) >= 11 is 0. The first-order valence-electron chi connectivity index (χ1n) is 14.2. The van der Waals surface area contributed by atoms with Crippen molar-refractivity contribution in [1.29, 1.82) is 0 Å². The Labute approximate surface area is 203 Å². The Balaban J connectivity index is 1.44. The molecule has 33 heavy (non-hydrogen) atoms. The number of ether oxygens (including phenoxy) is 1. The maximum absolute atomic E-state index is 10.9. The van der Waals surface area contributed by atoms with Crippen LogP contribution < -0.4 is 0 Å². The van der Waals surface area contributed by atoms with E-state index in [1.54, 1.807) is 0 Å². The van der Waals surface area contributed by atoms with Crippen molar-refractivity contribution in [2.24, 2.45) is 45.3 Å². The molecule has 1 saturated heterocycles. The summed E-state index contributed by atoms with van der Waals surface area (Å²) in [5, 5.41) is 21.5. The molecule has 0 amide bonds. The third kappa shape index (κ3) is 3.16. The van der Waals surface area contributed by atoms with Gasteiger partial charge in [-0.3, -0.25) is 0 Å². The van der Waals surface area contributed by atoms with Gasteiger partial charge in [0.25, 0.3) is 0 Å². The molecule has 0 aromatic heterocycles. The quantitative estimate of drug-likeness (QED) is 0.480. The normalized spacial score (nSPS) is 56.2. The van der Waals surface area contributed by atoms with Gasteiger partial charge in [-0.05, 0) is 130 Å². The zero-order valence-corrected chi connectivity index (χ0v) is 22.8. The van der Waals surface area contributed by atoms with E-state index in [0.29, 0.717) is 28.1 Å². The van der Waals surface area contributed by atoms with Crippen LogP contribution in [-0.2, 0) is 4.74 Å². The van der Waals surface area contributed by atoms with Gasteiger partial charge in [-0.1, -0.05) is 34.6 Å². The number of fused-ring (bicyclic) bond motifs is 5. The molecule has 0 unspecified atom stereocenters. The maximum atomic E-state index is 10.9. The highest BCUT2D eigenvalue weighted by molar-refractivity contribution is 5.18. The first-order chi connectivity index (χ1) is 15.1.